The Bertz CT molecular complexity index is 974. The average molecular weight is 395 g/mol. The van der Waals surface area contributed by atoms with Gasteiger partial charge in [0.1, 0.15) is 11.4 Å². The lowest BCUT2D eigenvalue weighted by Crippen LogP contribution is -2.30. The Morgan fingerprint density at radius 2 is 2.04 bits per heavy atom. The minimum Gasteiger partial charge on any atom is -0.478 e. The highest BCUT2D eigenvalue weighted by atomic mass is 32.1. The molecule has 1 aliphatic rings. The van der Waals surface area contributed by atoms with E-state index in [4.69, 9.17) is 4.74 Å². The van der Waals surface area contributed by atoms with Gasteiger partial charge in [0.05, 0.1) is 29.8 Å². The molecule has 0 saturated carbocycles. The Kier molecular flexibility index (Phi) is 5.36. The van der Waals surface area contributed by atoms with Gasteiger partial charge in [-0.2, -0.15) is 0 Å². The third-order valence-corrected chi connectivity index (χ3v) is 5.91. The number of aryl methyl sites for hydroxylation is 1. The van der Waals surface area contributed by atoms with E-state index in [1.807, 2.05) is 31.2 Å². The molecule has 0 unspecified atom stereocenters. The van der Waals surface area contributed by atoms with Crippen molar-refractivity contribution >= 4 is 23.1 Å². The Morgan fingerprint density at radius 3 is 2.75 bits per heavy atom. The van der Waals surface area contributed by atoms with Gasteiger partial charge in [0, 0.05) is 23.2 Å². The summed E-state index contributed by atoms with van der Waals surface area (Å²) in [7, 11) is 0. The first-order chi connectivity index (χ1) is 13.6. The lowest BCUT2D eigenvalue weighted by atomic mass is 9.95. The van der Waals surface area contributed by atoms with Crippen LogP contribution in [0.15, 0.2) is 48.8 Å². The van der Waals surface area contributed by atoms with E-state index >= 15 is 0 Å². The van der Waals surface area contributed by atoms with Crippen molar-refractivity contribution in [3.05, 3.63) is 64.8 Å². The molecule has 1 aliphatic heterocycles. The average Bonchev–Trinajstić information content (AvgIpc) is 3.31. The van der Waals surface area contributed by atoms with E-state index in [1.165, 1.54) is 10.4 Å². The number of carboxylic acids is 1. The third kappa shape index (κ3) is 4.05. The second-order valence-electron chi connectivity index (χ2n) is 6.92. The van der Waals surface area contributed by atoms with Crippen molar-refractivity contribution < 1.29 is 14.6 Å². The summed E-state index contributed by atoms with van der Waals surface area (Å²) in [6.07, 6.45) is 4.40. The van der Waals surface area contributed by atoms with Gasteiger partial charge in [-0.1, -0.05) is 0 Å². The number of carboxylic acid groups (broad SMARTS) is 1. The first-order valence-corrected chi connectivity index (χ1v) is 9.96. The number of anilines is 1. The van der Waals surface area contributed by atoms with Crippen LogP contribution in [-0.2, 0) is 11.2 Å². The van der Waals surface area contributed by atoms with Gasteiger partial charge >= 0.3 is 5.97 Å². The molecule has 2 N–H and O–H groups in total. The molecule has 0 amide bonds. The summed E-state index contributed by atoms with van der Waals surface area (Å²) in [5.74, 6) is -0.363. The molecule has 144 valence electrons. The number of aromatic carboxylic acids is 1. The van der Waals surface area contributed by atoms with Crippen LogP contribution in [0, 0.1) is 12.8 Å². The van der Waals surface area contributed by atoms with Crippen LogP contribution in [0.2, 0.25) is 0 Å². The van der Waals surface area contributed by atoms with Crippen molar-refractivity contribution in [1.29, 1.82) is 0 Å². The zero-order valence-electron chi connectivity index (χ0n) is 15.5. The zero-order chi connectivity index (χ0) is 19.5. The normalized spacial score (nSPS) is 18.9. The number of hydrogen-bond acceptors (Lipinski definition) is 6. The predicted octanol–water partition coefficient (Wildman–Crippen LogP) is 3.88. The van der Waals surface area contributed by atoms with Crippen LogP contribution in [0.25, 0.3) is 10.6 Å². The minimum absolute atomic E-state index is 0.000845. The smallest absolute Gasteiger partial charge is 0.339 e. The molecule has 3 aromatic rings. The van der Waals surface area contributed by atoms with E-state index in [2.05, 4.69) is 15.3 Å². The van der Waals surface area contributed by atoms with Crippen molar-refractivity contribution in [2.45, 2.75) is 19.4 Å². The van der Waals surface area contributed by atoms with Gasteiger partial charge in [-0.25, -0.2) is 9.78 Å². The fourth-order valence-electron chi connectivity index (χ4n) is 3.41. The summed E-state index contributed by atoms with van der Waals surface area (Å²) in [4.78, 5) is 22.6. The van der Waals surface area contributed by atoms with E-state index in [-0.39, 0.29) is 17.5 Å². The Hall–Kier alpha value is -2.77. The molecule has 0 radical (unpaired) electrons. The lowest BCUT2D eigenvalue weighted by Gasteiger charge is -2.21. The number of thiophene rings is 1. The molecule has 2 atom stereocenters. The standard InChI is InChI=1S/C21H21N3O3S/c1-13-2-5-19(28-13)17-4-3-16(21(25)26)20(23-17)24-18-12-27-11-15(18)10-14-6-8-22-9-7-14/h2-9,15,18H,10-12H2,1H3,(H,23,24)(H,25,26)/t15-,18-/m1/s1. The molecule has 28 heavy (non-hydrogen) atoms. The maximum absolute atomic E-state index is 11.7. The Labute approximate surface area is 167 Å². The van der Waals surface area contributed by atoms with Crippen molar-refractivity contribution in [2.75, 3.05) is 18.5 Å². The molecule has 1 saturated heterocycles. The molecule has 0 aromatic carbocycles. The molecule has 1 fully saturated rings. The highest BCUT2D eigenvalue weighted by molar-refractivity contribution is 7.15. The van der Waals surface area contributed by atoms with E-state index in [0.717, 1.165) is 17.0 Å². The van der Waals surface area contributed by atoms with Gasteiger partial charge in [0.15, 0.2) is 0 Å². The molecular weight excluding hydrogens is 374 g/mol. The second kappa shape index (κ2) is 8.08. The second-order valence-corrected chi connectivity index (χ2v) is 8.20. The summed E-state index contributed by atoms with van der Waals surface area (Å²) in [6.45, 7) is 3.20. The molecule has 0 bridgehead atoms. The first kappa shape index (κ1) is 18.6. The van der Waals surface area contributed by atoms with Crippen molar-refractivity contribution in [1.82, 2.24) is 9.97 Å². The van der Waals surface area contributed by atoms with Crippen molar-refractivity contribution in [3.8, 4) is 10.6 Å². The molecule has 7 heteroatoms. The zero-order valence-corrected chi connectivity index (χ0v) is 16.3. The fourth-order valence-corrected chi connectivity index (χ4v) is 4.25. The number of nitrogens with one attached hydrogen (secondary N) is 1. The van der Waals surface area contributed by atoms with E-state index in [9.17, 15) is 9.90 Å². The van der Waals surface area contributed by atoms with Crippen molar-refractivity contribution in [2.24, 2.45) is 5.92 Å². The fraction of sp³-hybridized carbons (Fsp3) is 0.286. The van der Waals surface area contributed by atoms with Gasteiger partial charge in [0.25, 0.3) is 0 Å². The van der Waals surface area contributed by atoms with Crippen molar-refractivity contribution in [3.63, 3.8) is 0 Å². The largest absolute Gasteiger partial charge is 0.478 e. The van der Waals surface area contributed by atoms with Crippen LogP contribution in [0.1, 0.15) is 20.8 Å². The Balaban J connectivity index is 1.59. The molecular formula is C21H21N3O3S. The van der Waals surface area contributed by atoms with Gasteiger partial charge in [0.2, 0.25) is 0 Å². The van der Waals surface area contributed by atoms with Crippen LogP contribution in [-0.4, -0.2) is 40.3 Å². The summed E-state index contributed by atoms with van der Waals surface area (Å²) < 4.78 is 5.68. The summed E-state index contributed by atoms with van der Waals surface area (Å²) in [5, 5.41) is 12.9. The lowest BCUT2D eigenvalue weighted by molar-refractivity contribution is 0.0697. The first-order valence-electron chi connectivity index (χ1n) is 9.14. The number of pyridine rings is 2. The monoisotopic (exact) mass is 395 g/mol. The Morgan fingerprint density at radius 1 is 1.21 bits per heavy atom. The van der Waals surface area contributed by atoms with Crippen LogP contribution in [0.4, 0.5) is 5.82 Å². The molecule has 4 heterocycles. The quantitative estimate of drug-likeness (QED) is 0.659. The number of carbonyl (C=O) groups is 1. The minimum atomic E-state index is -0.992. The van der Waals surface area contributed by atoms with E-state index < -0.39 is 5.97 Å². The number of nitrogens with zero attached hydrogens (tertiary/aromatic N) is 2. The van der Waals surface area contributed by atoms with Gasteiger partial charge < -0.3 is 15.2 Å². The van der Waals surface area contributed by atoms with Crippen LogP contribution in [0.5, 0.6) is 0 Å². The molecule has 6 nitrogen and oxygen atoms in total. The summed E-state index contributed by atoms with van der Waals surface area (Å²) in [6, 6.07) is 11.4. The third-order valence-electron chi connectivity index (χ3n) is 4.89. The van der Waals surface area contributed by atoms with Gasteiger partial charge in [-0.3, -0.25) is 4.98 Å². The van der Waals surface area contributed by atoms with Crippen LogP contribution in [0.3, 0.4) is 0 Å². The number of ether oxygens (including phenoxy) is 1. The number of rotatable bonds is 6. The number of hydrogen-bond donors (Lipinski definition) is 2. The maximum Gasteiger partial charge on any atom is 0.339 e. The SMILES string of the molecule is Cc1ccc(-c2ccc(C(=O)O)c(N[C@@H]3COC[C@H]3Cc3ccncc3)n2)s1. The topological polar surface area (TPSA) is 84.3 Å². The number of aromatic nitrogens is 2. The highest BCUT2D eigenvalue weighted by Crippen LogP contribution is 2.30. The summed E-state index contributed by atoms with van der Waals surface area (Å²) >= 11 is 1.64. The predicted molar refractivity (Wildman–Crippen MR) is 109 cm³/mol. The highest BCUT2D eigenvalue weighted by Gasteiger charge is 2.30. The summed E-state index contributed by atoms with van der Waals surface area (Å²) in [5.41, 5.74) is 2.13. The van der Waals surface area contributed by atoms with Crippen LogP contribution < -0.4 is 5.32 Å². The van der Waals surface area contributed by atoms with Gasteiger partial charge in [-0.05, 0) is 55.3 Å². The van der Waals surface area contributed by atoms with Crippen LogP contribution >= 0.6 is 11.3 Å². The molecule has 4 rings (SSSR count). The van der Waals surface area contributed by atoms with E-state index in [0.29, 0.717) is 19.0 Å². The molecule has 0 spiro atoms. The molecule has 3 aromatic heterocycles. The van der Waals surface area contributed by atoms with Gasteiger partial charge in [-0.15, -0.1) is 11.3 Å². The molecule has 0 aliphatic carbocycles. The maximum atomic E-state index is 11.7. The van der Waals surface area contributed by atoms with E-state index in [1.54, 1.807) is 35.9 Å².